The van der Waals surface area contributed by atoms with Crippen molar-refractivity contribution < 1.29 is 9.90 Å². The molecule has 94 valence electrons. The maximum atomic E-state index is 10.5. The largest absolute Gasteiger partial charge is 0.481 e. The van der Waals surface area contributed by atoms with Crippen LogP contribution in [0.5, 0.6) is 0 Å². The highest BCUT2D eigenvalue weighted by Crippen LogP contribution is 2.18. The predicted molar refractivity (Wildman–Crippen MR) is 72.0 cm³/mol. The number of hydrogen-bond donors (Lipinski definition) is 2. The van der Waals surface area contributed by atoms with Gasteiger partial charge in [0, 0.05) is 23.0 Å². The quantitative estimate of drug-likeness (QED) is 0.847. The van der Waals surface area contributed by atoms with Crippen LogP contribution in [-0.4, -0.2) is 17.1 Å². The van der Waals surface area contributed by atoms with Crippen LogP contribution in [0.3, 0.4) is 0 Å². The molecule has 1 aromatic rings. The SMILES string of the molecule is CC(CCC(=O)O)N[C@@H](C)c1cccc(Br)c1. The van der Waals surface area contributed by atoms with Crippen molar-refractivity contribution >= 4 is 21.9 Å². The van der Waals surface area contributed by atoms with Gasteiger partial charge < -0.3 is 10.4 Å². The van der Waals surface area contributed by atoms with Gasteiger partial charge in [0.25, 0.3) is 0 Å². The molecule has 0 spiro atoms. The molecule has 0 aromatic heterocycles. The van der Waals surface area contributed by atoms with E-state index in [0.29, 0.717) is 6.42 Å². The summed E-state index contributed by atoms with van der Waals surface area (Å²) in [7, 11) is 0. The van der Waals surface area contributed by atoms with Crippen LogP contribution < -0.4 is 5.32 Å². The topological polar surface area (TPSA) is 49.3 Å². The Balaban J connectivity index is 2.48. The van der Waals surface area contributed by atoms with Crippen LogP contribution >= 0.6 is 15.9 Å². The van der Waals surface area contributed by atoms with Gasteiger partial charge >= 0.3 is 5.97 Å². The van der Waals surface area contributed by atoms with E-state index in [2.05, 4.69) is 40.3 Å². The third kappa shape index (κ3) is 5.33. The van der Waals surface area contributed by atoms with Crippen molar-refractivity contribution in [3.8, 4) is 0 Å². The summed E-state index contributed by atoms with van der Waals surface area (Å²) in [6.45, 7) is 4.09. The van der Waals surface area contributed by atoms with Crippen LogP contribution in [0, 0.1) is 0 Å². The summed E-state index contributed by atoms with van der Waals surface area (Å²) in [6, 6.07) is 8.54. The molecule has 2 atom stereocenters. The molecule has 0 saturated carbocycles. The highest BCUT2D eigenvalue weighted by Gasteiger charge is 2.10. The van der Waals surface area contributed by atoms with Crippen LogP contribution in [0.4, 0.5) is 0 Å². The van der Waals surface area contributed by atoms with Gasteiger partial charge in [-0.1, -0.05) is 28.1 Å². The van der Waals surface area contributed by atoms with E-state index in [4.69, 9.17) is 5.11 Å². The van der Waals surface area contributed by atoms with Crippen LogP contribution in [-0.2, 0) is 4.79 Å². The molecule has 0 heterocycles. The minimum absolute atomic E-state index is 0.195. The van der Waals surface area contributed by atoms with Crippen molar-refractivity contribution in [2.24, 2.45) is 0 Å². The van der Waals surface area contributed by atoms with Crippen LogP contribution in [0.15, 0.2) is 28.7 Å². The molecule has 0 aliphatic carbocycles. The molecule has 0 bridgehead atoms. The van der Waals surface area contributed by atoms with E-state index in [1.165, 1.54) is 5.56 Å². The second kappa shape index (κ2) is 6.77. The van der Waals surface area contributed by atoms with Crippen LogP contribution in [0.25, 0.3) is 0 Å². The summed E-state index contributed by atoms with van der Waals surface area (Å²) in [6.07, 6.45) is 0.854. The van der Waals surface area contributed by atoms with E-state index >= 15 is 0 Å². The summed E-state index contributed by atoms with van der Waals surface area (Å²) < 4.78 is 1.06. The molecule has 1 rings (SSSR count). The Hall–Kier alpha value is -0.870. The Bertz CT molecular complexity index is 381. The average molecular weight is 300 g/mol. The second-order valence-electron chi connectivity index (χ2n) is 4.28. The highest BCUT2D eigenvalue weighted by molar-refractivity contribution is 9.10. The minimum atomic E-state index is -0.742. The second-order valence-corrected chi connectivity index (χ2v) is 5.19. The Labute approximate surface area is 110 Å². The number of nitrogens with one attached hydrogen (secondary N) is 1. The lowest BCUT2D eigenvalue weighted by Crippen LogP contribution is -2.29. The molecule has 2 N–H and O–H groups in total. The first-order chi connectivity index (χ1) is 7.99. The summed E-state index contributed by atoms with van der Waals surface area (Å²) in [4.78, 5) is 10.5. The molecule has 0 amide bonds. The minimum Gasteiger partial charge on any atom is -0.481 e. The Morgan fingerprint density at radius 1 is 1.47 bits per heavy atom. The maximum Gasteiger partial charge on any atom is 0.303 e. The smallest absolute Gasteiger partial charge is 0.303 e. The fraction of sp³-hybridized carbons (Fsp3) is 0.462. The van der Waals surface area contributed by atoms with E-state index in [0.717, 1.165) is 4.47 Å². The van der Waals surface area contributed by atoms with Gasteiger partial charge in [-0.05, 0) is 38.0 Å². The molecule has 0 radical (unpaired) electrons. The van der Waals surface area contributed by atoms with Crippen molar-refractivity contribution in [2.75, 3.05) is 0 Å². The molecular weight excluding hydrogens is 282 g/mol. The first-order valence-corrected chi connectivity index (χ1v) is 6.51. The summed E-state index contributed by atoms with van der Waals surface area (Å²) >= 11 is 3.44. The number of carbonyl (C=O) groups is 1. The monoisotopic (exact) mass is 299 g/mol. The number of hydrogen-bond acceptors (Lipinski definition) is 2. The molecule has 1 unspecified atom stereocenters. The van der Waals surface area contributed by atoms with E-state index in [-0.39, 0.29) is 18.5 Å². The summed E-state index contributed by atoms with van der Waals surface area (Å²) in [5, 5.41) is 12.0. The number of carboxylic acids is 1. The zero-order chi connectivity index (χ0) is 12.8. The molecule has 0 saturated heterocycles. The molecule has 0 aliphatic rings. The van der Waals surface area contributed by atoms with Crippen molar-refractivity contribution in [3.63, 3.8) is 0 Å². The molecule has 3 nitrogen and oxygen atoms in total. The Morgan fingerprint density at radius 3 is 2.76 bits per heavy atom. The van der Waals surface area contributed by atoms with E-state index in [1.54, 1.807) is 0 Å². The lowest BCUT2D eigenvalue weighted by molar-refractivity contribution is -0.137. The number of aliphatic carboxylic acids is 1. The van der Waals surface area contributed by atoms with E-state index < -0.39 is 5.97 Å². The fourth-order valence-corrected chi connectivity index (χ4v) is 2.14. The van der Waals surface area contributed by atoms with Gasteiger partial charge in [-0.25, -0.2) is 0 Å². The molecular formula is C13H18BrNO2. The number of halogens is 1. The van der Waals surface area contributed by atoms with Gasteiger partial charge in [0.1, 0.15) is 0 Å². The number of carboxylic acid groups (broad SMARTS) is 1. The summed E-state index contributed by atoms with van der Waals surface area (Å²) in [5.74, 6) is -0.742. The van der Waals surface area contributed by atoms with Crippen molar-refractivity contribution in [2.45, 2.75) is 38.8 Å². The van der Waals surface area contributed by atoms with Crippen molar-refractivity contribution in [3.05, 3.63) is 34.3 Å². The average Bonchev–Trinajstić information content (AvgIpc) is 2.26. The molecule has 17 heavy (non-hydrogen) atoms. The maximum absolute atomic E-state index is 10.5. The van der Waals surface area contributed by atoms with Crippen molar-refractivity contribution in [1.29, 1.82) is 0 Å². The standard InChI is InChI=1S/C13H18BrNO2/c1-9(6-7-13(16)17)15-10(2)11-4-3-5-12(14)8-11/h3-5,8-10,15H,6-7H2,1-2H3,(H,16,17)/t9?,10-/m0/s1. The zero-order valence-electron chi connectivity index (χ0n) is 10.1. The normalized spacial score (nSPS) is 14.3. The van der Waals surface area contributed by atoms with Crippen LogP contribution in [0.2, 0.25) is 0 Å². The Kier molecular flexibility index (Phi) is 5.65. The molecule has 0 fully saturated rings. The fourth-order valence-electron chi connectivity index (χ4n) is 1.72. The lowest BCUT2D eigenvalue weighted by Gasteiger charge is -2.20. The van der Waals surface area contributed by atoms with Gasteiger partial charge in [0.05, 0.1) is 0 Å². The summed E-state index contributed by atoms with van der Waals surface area (Å²) in [5.41, 5.74) is 1.20. The van der Waals surface area contributed by atoms with Gasteiger partial charge in [-0.15, -0.1) is 0 Å². The van der Waals surface area contributed by atoms with Gasteiger partial charge in [-0.3, -0.25) is 4.79 Å². The van der Waals surface area contributed by atoms with Gasteiger partial charge in [-0.2, -0.15) is 0 Å². The first kappa shape index (κ1) is 14.2. The highest BCUT2D eigenvalue weighted by atomic mass is 79.9. The lowest BCUT2D eigenvalue weighted by atomic mass is 10.1. The van der Waals surface area contributed by atoms with Gasteiger partial charge in [0.2, 0.25) is 0 Å². The van der Waals surface area contributed by atoms with Gasteiger partial charge in [0.15, 0.2) is 0 Å². The van der Waals surface area contributed by atoms with E-state index in [9.17, 15) is 4.79 Å². The Morgan fingerprint density at radius 2 is 2.18 bits per heavy atom. The third-order valence-electron chi connectivity index (χ3n) is 2.67. The van der Waals surface area contributed by atoms with Crippen molar-refractivity contribution in [1.82, 2.24) is 5.32 Å². The first-order valence-electron chi connectivity index (χ1n) is 5.72. The number of benzene rings is 1. The van der Waals surface area contributed by atoms with E-state index in [1.807, 2.05) is 19.1 Å². The zero-order valence-corrected chi connectivity index (χ0v) is 11.7. The predicted octanol–water partition coefficient (Wildman–Crippen LogP) is 3.35. The molecule has 0 aliphatic heterocycles. The molecule has 1 aromatic carbocycles. The molecule has 4 heteroatoms. The number of rotatable bonds is 6. The third-order valence-corrected chi connectivity index (χ3v) is 3.17. The van der Waals surface area contributed by atoms with Crippen LogP contribution in [0.1, 0.15) is 38.3 Å².